The molecule has 0 aromatic carbocycles. The Morgan fingerprint density at radius 3 is 2.44 bits per heavy atom. The van der Waals surface area contributed by atoms with Crippen molar-refractivity contribution in [3.63, 3.8) is 0 Å². The summed E-state index contributed by atoms with van der Waals surface area (Å²) in [7, 11) is 0. The summed E-state index contributed by atoms with van der Waals surface area (Å²) in [6.07, 6.45) is 0.117. The van der Waals surface area contributed by atoms with Gasteiger partial charge in [0, 0.05) is 18.7 Å². The summed E-state index contributed by atoms with van der Waals surface area (Å²) >= 11 is 0. The van der Waals surface area contributed by atoms with Gasteiger partial charge in [0.2, 0.25) is 0 Å². The molecule has 4 unspecified atom stereocenters. The molecule has 106 valence electrons. The molecule has 2 fully saturated rings. The van der Waals surface area contributed by atoms with Crippen molar-refractivity contribution < 1.29 is 17.9 Å². The van der Waals surface area contributed by atoms with E-state index in [2.05, 4.69) is 5.32 Å². The van der Waals surface area contributed by atoms with Crippen molar-refractivity contribution in [2.24, 2.45) is 5.92 Å². The van der Waals surface area contributed by atoms with Crippen molar-refractivity contribution in [2.75, 3.05) is 6.61 Å². The van der Waals surface area contributed by atoms with Crippen LogP contribution in [-0.4, -0.2) is 31.0 Å². The smallest absolute Gasteiger partial charge is 0.378 e. The van der Waals surface area contributed by atoms with Gasteiger partial charge >= 0.3 is 6.18 Å². The van der Waals surface area contributed by atoms with Gasteiger partial charge in [-0.3, -0.25) is 0 Å². The molecule has 2 aliphatic rings. The van der Waals surface area contributed by atoms with E-state index in [1.807, 2.05) is 6.92 Å². The van der Waals surface area contributed by atoms with Crippen LogP contribution in [0.2, 0.25) is 0 Å². The number of rotatable bonds is 2. The molecule has 0 bridgehead atoms. The van der Waals surface area contributed by atoms with Gasteiger partial charge in [0.25, 0.3) is 0 Å². The first-order valence-corrected chi connectivity index (χ1v) is 6.89. The first kappa shape index (κ1) is 14.1. The number of ether oxygens (including phenoxy) is 1. The second kappa shape index (κ2) is 5.78. The second-order valence-electron chi connectivity index (χ2n) is 5.67. The van der Waals surface area contributed by atoms with Gasteiger partial charge < -0.3 is 10.1 Å². The second-order valence-corrected chi connectivity index (χ2v) is 5.67. The molecule has 18 heavy (non-hydrogen) atoms. The molecule has 5 heteroatoms. The van der Waals surface area contributed by atoms with E-state index in [0.29, 0.717) is 25.5 Å². The lowest BCUT2D eigenvalue weighted by atomic mass is 9.84. The van der Waals surface area contributed by atoms with E-state index < -0.39 is 12.1 Å². The quantitative estimate of drug-likeness (QED) is 0.827. The van der Waals surface area contributed by atoms with Crippen LogP contribution in [0.4, 0.5) is 13.2 Å². The summed E-state index contributed by atoms with van der Waals surface area (Å²) < 4.78 is 43.6. The van der Waals surface area contributed by atoms with E-state index in [9.17, 15) is 13.2 Å². The average molecular weight is 265 g/mol. The minimum absolute atomic E-state index is 0.0284. The molecule has 1 aliphatic heterocycles. The summed E-state index contributed by atoms with van der Waals surface area (Å²) in [6, 6.07) is 0.353. The third kappa shape index (κ3) is 3.85. The van der Waals surface area contributed by atoms with Gasteiger partial charge in [0.1, 0.15) is 0 Å². The van der Waals surface area contributed by atoms with Crippen molar-refractivity contribution >= 4 is 0 Å². The van der Waals surface area contributed by atoms with Crippen molar-refractivity contribution in [1.29, 1.82) is 0 Å². The highest BCUT2D eigenvalue weighted by molar-refractivity contribution is 4.85. The first-order valence-electron chi connectivity index (χ1n) is 6.89. The largest absolute Gasteiger partial charge is 0.391 e. The fraction of sp³-hybridized carbons (Fsp3) is 1.00. The van der Waals surface area contributed by atoms with Crippen LogP contribution < -0.4 is 5.32 Å². The molecule has 0 aromatic rings. The van der Waals surface area contributed by atoms with Gasteiger partial charge in [-0.25, -0.2) is 0 Å². The standard InChI is InChI=1S/C13H22F3NO/c1-9-7-12(5-6-18-9)17-11-4-2-3-10(8-11)13(14,15)16/h9-12,17H,2-8H2,1H3. The SMILES string of the molecule is CC1CC(NC2CCCC(C(F)(F)F)C2)CCO1. The van der Waals surface area contributed by atoms with Crippen molar-refractivity contribution in [1.82, 2.24) is 5.32 Å². The average Bonchev–Trinajstić information content (AvgIpc) is 2.28. The van der Waals surface area contributed by atoms with Crippen LogP contribution in [0.3, 0.4) is 0 Å². The number of halogens is 3. The molecule has 2 rings (SSSR count). The maximum absolute atomic E-state index is 12.7. The highest BCUT2D eigenvalue weighted by atomic mass is 19.4. The van der Waals surface area contributed by atoms with Crippen LogP contribution >= 0.6 is 0 Å². The molecule has 0 radical (unpaired) electrons. The number of hydrogen-bond acceptors (Lipinski definition) is 2. The Morgan fingerprint density at radius 1 is 1.06 bits per heavy atom. The first-order chi connectivity index (χ1) is 8.45. The van der Waals surface area contributed by atoms with Crippen LogP contribution in [-0.2, 0) is 4.74 Å². The lowest BCUT2D eigenvalue weighted by molar-refractivity contribution is -0.184. The number of nitrogens with one attached hydrogen (secondary N) is 1. The Kier molecular flexibility index (Phi) is 4.54. The summed E-state index contributed by atoms with van der Waals surface area (Å²) in [4.78, 5) is 0. The minimum atomic E-state index is -4.02. The van der Waals surface area contributed by atoms with Gasteiger partial charge in [0.15, 0.2) is 0 Å². The summed E-state index contributed by atoms with van der Waals surface area (Å²) in [5.41, 5.74) is 0. The topological polar surface area (TPSA) is 21.3 Å². The van der Waals surface area contributed by atoms with Crippen molar-refractivity contribution in [3.8, 4) is 0 Å². The van der Waals surface area contributed by atoms with Crippen molar-refractivity contribution in [3.05, 3.63) is 0 Å². The maximum Gasteiger partial charge on any atom is 0.391 e. The summed E-state index contributed by atoms with van der Waals surface area (Å²) in [5.74, 6) is -1.11. The maximum atomic E-state index is 12.7. The highest BCUT2D eigenvalue weighted by Crippen LogP contribution is 2.37. The minimum Gasteiger partial charge on any atom is -0.378 e. The molecule has 1 saturated heterocycles. The molecule has 1 N–H and O–H groups in total. The van der Waals surface area contributed by atoms with Crippen LogP contribution in [0.1, 0.15) is 45.4 Å². The molecule has 1 heterocycles. The van der Waals surface area contributed by atoms with E-state index in [0.717, 1.165) is 19.3 Å². The Morgan fingerprint density at radius 2 is 1.78 bits per heavy atom. The van der Waals surface area contributed by atoms with E-state index in [4.69, 9.17) is 4.74 Å². The zero-order valence-electron chi connectivity index (χ0n) is 10.8. The molecule has 1 aliphatic carbocycles. The Balaban J connectivity index is 1.82. The van der Waals surface area contributed by atoms with Gasteiger partial charge in [-0.1, -0.05) is 6.42 Å². The normalized spacial score (nSPS) is 38.7. The Bertz CT molecular complexity index is 269. The molecule has 0 aromatic heterocycles. The van der Waals surface area contributed by atoms with E-state index in [1.165, 1.54) is 0 Å². The zero-order valence-corrected chi connectivity index (χ0v) is 10.8. The molecular weight excluding hydrogens is 243 g/mol. The van der Waals surface area contributed by atoms with Crippen LogP contribution in [0, 0.1) is 5.92 Å². The molecule has 4 atom stereocenters. The fourth-order valence-electron chi connectivity index (χ4n) is 3.12. The third-order valence-electron chi connectivity index (χ3n) is 4.09. The summed E-state index contributed by atoms with van der Waals surface area (Å²) in [6.45, 7) is 2.74. The monoisotopic (exact) mass is 265 g/mol. The van der Waals surface area contributed by atoms with E-state index >= 15 is 0 Å². The number of hydrogen-bond donors (Lipinski definition) is 1. The Hall–Kier alpha value is -0.290. The Labute approximate surface area is 106 Å². The lowest BCUT2D eigenvalue weighted by Crippen LogP contribution is -2.46. The molecule has 1 saturated carbocycles. The molecular formula is C13H22F3NO. The predicted molar refractivity (Wildman–Crippen MR) is 63.4 cm³/mol. The summed E-state index contributed by atoms with van der Waals surface area (Å²) in [5, 5.41) is 3.41. The van der Waals surface area contributed by atoms with Crippen molar-refractivity contribution in [2.45, 2.75) is 69.8 Å². The van der Waals surface area contributed by atoms with Crippen LogP contribution in [0.5, 0.6) is 0 Å². The molecule has 2 nitrogen and oxygen atoms in total. The predicted octanol–water partition coefficient (Wildman–Crippen LogP) is 3.26. The van der Waals surface area contributed by atoms with Crippen LogP contribution in [0.15, 0.2) is 0 Å². The highest BCUT2D eigenvalue weighted by Gasteiger charge is 2.42. The van der Waals surface area contributed by atoms with E-state index in [1.54, 1.807) is 0 Å². The van der Waals surface area contributed by atoms with E-state index in [-0.39, 0.29) is 18.6 Å². The van der Waals surface area contributed by atoms with Gasteiger partial charge in [0.05, 0.1) is 12.0 Å². The zero-order chi connectivity index (χ0) is 13.2. The third-order valence-corrected chi connectivity index (χ3v) is 4.09. The molecule has 0 amide bonds. The fourth-order valence-corrected chi connectivity index (χ4v) is 3.12. The number of alkyl halides is 3. The van der Waals surface area contributed by atoms with Gasteiger partial charge in [-0.2, -0.15) is 13.2 Å². The van der Waals surface area contributed by atoms with Gasteiger partial charge in [-0.15, -0.1) is 0 Å². The van der Waals surface area contributed by atoms with Crippen LogP contribution in [0.25, 0.3) is 0 Å². The molecule has 0 spiro atoms. The van der Waals surface area contributed by atoms with Gasteiger partial charge in [-0.05, 0) is 39.0 Å². The lowest BCUT2D eigenvalue weighted by Gasteiger charge is -2.36.